The standard InChI is InChI=1S/C33H41N7O5/c1-20-14-24(35-32(44)45-33(2,3)4)19-40(18-20)28-8-11-34-17-27(28)37-30(41)29-26(38-31(42)43)16-23-7-6-22(15-25(23)36-29)21-9-12-39(5)13-10-21/h6-9,11,15-17,20,24,38H,10,12-14,18-19H2,1-5H3,(H,35,44)(H,37,41)(H,42,43)/t20-,24-/m1/s1. The van der Waals surface area contributed by atoms with Crippen LogP contribution in [0.15, 0.2) is 48.8 Å². The minimum absolute atomic E-state index is 0.0503. The zero-order valence-electron chi connectivity index (χ0n) is 26.4. The molecule has 0 bridgehead atoms. The van der Waals surface area contributed by atoms with Crippen LogP contribution in [0, 0.1) is 5.92 Å². The molecule has 238 valence electrons. The highest BCUT2D eigenvalue weighted by Crippen LogP contribution is 2.32. The lowest BCUT2D eigenvalue weighted by Crippen LogP contribution is -2.51. The Hall–Kier alpha value is -4.71. The number of ether oxygens (including phenoxy) is 1. The van der Waals surface area contributed by atoms with Crippen molar-refractivity contribution in [2.24, 2.45) is 5.92 Å². The average Bonchev–Trinajstić information content (AvgIpc) is 2.95. The number of carboxylic acid groups (broad SMARTS) is 1. The number of hydrogen-bond acceptors (Lipinski definition) is 8. The lowest BCUT2D eigenvalue weighted by atomic mass is 9.95. The van der Waals surface area contributed by atoms with Gasteiger partial charge < -0.3 is 30.3 Å². The summed E-state index contributed by atoms with van der Waals surface area (Å²) in [4.78, 5) is 51.2. The van der Waals surface area contributed by atoms with Crippen molar-refractivity contribution in [2.45, 2.75) is 52.2 Å². The first kappa shape index (κ1) is 31.7. The van der Waals surface area contributed by atoms with Crippen molar-refractivity contribution in [3.05, 3.63) is 60.1 Å². The first-order valence-corrected chi connectivity index (χ1v) is 15.2. The lowest BCUT2D eigenvalue weighted by Gasteiger charge is -2.39. The number of hydrogen-bond donors (Lipinski definition) is 4. The van der Waals surface area contributed by atoms with Crippen LogP contribution in [0.1, 0.15) is 56.6 Å². The van der Waals surface area contributed by atoms with E-state index in [4.69, 9.17) is 4.74 Å². The van der Waals surface area contributed by atoms with Crippen molar-refractivity contribution < 1.29 is 24.2 Å². The van der Waals surface area contributed by atoms with E-state index in [-0.39, 0.29) is 23.3 Å². The molecule has 5 rings (SSSR count). The third kappa shape index (κ3) is 8.07. The summed E-state index contributed by atoms with van der Waals surface area (Å²) >= 11 is 0. The maximum absolute atomic E-state index is 13.8. The molecule has 1 fully saturated rings. The first-order valence-electron chi connectivity index (χ1n) is 15.2. The first-order chi connectivity index (χ1) is 21.3. The molecule has 0 aliphatic carbocycles. The van der Waals surface area contributed by atoms with E-state index < -0.39 is 23.7 Å². The van der Waals surface area contributed by atoms with Crippen LogP contribution >= 0.6 is 0 Å². The predicted octanol–water partition coefficient (Wildman–Crippen LogP) is 5.43. The second kappa shape index (κ2) is 13.1. The van der Waals surface area contributed by atoms with Gasteiger partial charge in [0.1, 0.15) is 5.60 Å². The maximum Gasteiger partial charge on any atom is 0.409 e. The van der Waals surface area contributed by atoms with E-state index in [9.17, 15) is 19.5 Å². The highest BCUT2D eigenvalue weighted by atomic mass is 16.6. The van der Waals surface area contributed by atoms with Crippen LogP contribution in [0.5, 0.6) is 0 Å². The van der Waals surface area contributed by atoms with Crippen molar-refractivity contribution in [3.63, 3.8) is 0 Å². The van der Waals surface area contributed by atoms with Gasteiger partial charge in [0.25, 0.3) is 5.91 Å². The third-order valence-corrected chi connectivity index (χ3v) is 7.82. The number of carbonyl (C=O) groups is 3. The van der Waals surface area contributed by atoms with Crippen molar-refractivity contribution in [1.82, 2.24) is 20.2 Å². The number of rotatable bonds is 6. The fourth-order valence-corrected chi connectivity index (χ4v) is 5.85. The SMILES string of the molecule is C[C@@H]1C[C@@H](NC(=O)OC(C)(C)C)CN(c2ccncc2NC(=O)c2nc3cc(C4=CCN(C)CC4)ccc3cc2NC(=O)O)C1. The van der Waals surface area contributed by atoms with E-state index >= 15 is 0 Å². The van der Waals surface area contributed by atoms with Gasteiger partial charge in [0.05, 0.1) is 28.8 Å². The third-order valence-electron chi connectivity index (χ3n) is 7.82. The number of nitrogens with one attached hydrogen (secondary N) is 3. The Kier molecular flexibility index (Phi) is 9.24. The number of benzene rings is 1. The number of alkyl carbamates (subject to hydrolysis) is 1. The molecule has 12 heteroatoms. The molecule has 2 aliphatic heterocycles. The number of aromatic nitrogens is 2. The molecule has 2 atom stereocenters. The molecule has 45 heavy (non-hydrogen) atoms. The number of nitrogens with zero attached hydrogens (tertiary/aromatic N) is 4. The Labute approximate surface area is 262 Å². The van der Waals surface area contributed by atoms with Crippen molar-refractivity contribution in [3.8, 4) is 0 Å². The van der Waals surface area contributed by atoms with E-state index in [1.54, 1.807) is 18.5 Å². The Morgan fingerprint density at radius 2 is 1.87 bits per heavy atom. The summed E-state index contributed by atoms with van der Waals surface area (Å²) < 4.78 is 5.46. The molecule has 12 nitrogen and oxygen atoms in total. The molecule has 2 aromatic heterocycles. The maximum atomic E-state index is 13.8. The van der Waals surface area contributed by atoms with Gasteiger partial charge in [-0.1, -0.05) is 25.1 Å². The van der Waals surface area contributed by atoms with E-state index in [2.05, 4.69) is 55.8 Å². The summed E-state index contributed by atoms with van der Waals surface area (Å²) in [6, 6.07) is 9.10. The topological polar surface area (TPSA) is 149 Å². The highest BCUT2D eigenvalue weighted by molar-refractivity contribution is 6.11. The highest BCUT2D eigenvalue weighted by Gasteiger charge is 2.29. The Morgan fingerprint density at radius 1 is 1.07 bits per heavy atom. The zero-order valence-corrected chi connectivity index (χ0v) is 26.4. The smallest absolute Gasteiger partial charge is 0.409 e. The van der Waals surface area contributed by atoms with Gasteiger partial charge in [-0.3, -0.25) is 15.1 Å². The molecule has 0 saturated carbocycles. The van der Waals surface area contributed by atoms with Gasteiger partial charge in [0.15, 0.2) is 5.69 Å². The molecular formula is C33H41N7O5. The normalized spacial score (nSPS) is 19.0. The van der Waals surface area contributed by atoms with Gasteiger partial charge in [-0.05, 0) is 75.9 Å². The van der Waals surface area contributed by atoms with Crippen LogP contribution in [0.2, 0.25) is 0 Å². The quantitative estimate of drug-likeness (QED) is 0.285. The number of carbonyl (C=O) groups excluding carboxylic acids is 2. The lowest BCUT2D eigenvalue weighted by molar-refractivity contribution is 0.0495. The van der Waals surface area contributed by atoms with Crippen LogP contribution in [-0.4, -0.2) is 82.9 Å². The van der Waals surface area contributed by atoms with Gasteiger partial charge in [0.2, 0.25) is 0 Å². The van der Waals surface area contributed by atoms with Crippen LogP contribution in [0.4, 0.5) is 26.7 Å². The molecule has 4 heterocycles. The number of fused-ring (bicyclic) bond motifs is 1. The fourth-order valence-electron chi connectivity index (χ4n) is 5.85. The predicted molar refractivity (Wildman–Crippen MR) is 175 cm³/mol. The summed E-state index contributed by atoms with van der Waals surface area (Å²) in [7, 11) is 2.08. The van der Waals surface area contributed by atoms with E-state index in [1.165, 1.54) is 5.57 Å². The van der Waals surface area contributed by atoms with Crippen LogP contribution in [-0.2, 0) is 4.74 Å². The van der Waals surface area contributed by atoms with Crippen LogP contribution < -0.4 is 20.9 Å². The van der Waals surface area contributed by atoms with Crippen molar-refractivity contribution in [1.29, 1.82) is 0 Å². The second-order valence-corrected chi connectivity index (χ2v) is 12.9. The molecule has 0 spiro atoms. The Bertz CT molecular complexity index is 1630. The molecule has 1 saturated heterocycles. The minimum atomic E-state index is -1.30. The number of pyridine rings is 2. The molecule has 0 unspecified atom stereocenters. The molecular weight excluding hydrogens is 574 g/mol. The Balaban J connectivity index is 1.41. The van der Waals surface area contributed by atoms with Crippen molar-refractivity contribution >= 4 is 51.6 Å². The number of amides is 3. The van der Waals surface area contributed by atoms with Gasteiger partial charge in [-0.2, -0.15) is 0 Å². The van der Waals surface area contributed by atoms with Crippen molar-refractivity contribution in [2.75, 3.05) is 48.8 Å². The summed E-state index contributed by atoms with van der Waals surface area (Å²) in [5, 5.41) is 18.5. The largest absolute Gasteiger partial charge is 0.465 e. The molecule has 1 aromatic carbocycles. The summed E-state index contributed by atoms with van der Waals surface area (Å²) in [5.41, 5.74) is 3.42. The Morgan fingerprint density at radius 3 is 2.58 bits per heavy atom. The number of anilines is 3. The summed E-state index contributed by atoms with van der Waals surface area (Å²) in [5.74, 6) is -0.329. The van der Waals surface area contributed by atoms with E-state index in [0.717, 1.165) is 37.2 Å². The van der Waals surface area contributed by atoms with Crippen LogP contribution in [0.3, 0.4) is 0 Å². The monoisotopic (exact) mass is 615 g/mol. The van der Waals surface area contributed by atoms with Gasteiger partial charge in [0, 0.05) is 43.8 Å². The molecule has 3 aromatic rings. The average molecular weight is 616 g/mol. The van der Waals surface area contributed by atoms with E-state index in [0.29, 0.717) is 29.7 Å². The fraction of sp³-hybridized carbons (Fsp3) is 0.424. The molecule has 3 amide bonds. The zero-order chi connectivity index (χ0) is 32.3. The molecule has 4 N–H and O–H groups in total. The number of piperidine rings is 1. The van der Waals surface area contributed by atoms with E-state index in [1.807, 2.05) is 45.0 Å². The number of likely N-dealkylation sites (N-methyl/N-ethyl adjacent to an activating group) is 1. The van der Waals surface area contributed by atoms with Gasteiger partial charge in [-0.15, -0.1) is 0 Å². The molecule has 2 aliphatic rings. The summed E-state index contributed by atoms with van der Waals surface area (Å²) in [6.07, 6.45) is 5.30. The van der Waals surface area contributed by atoms with Gasteiger partial charge >= 0.3 is 12.2 Å². The minimum Gasteiger partial charge on any atom is -0.465 e. The van der Waals surface area contributed by atoms with Gasteiger partial charge in [-0.25, -0.2) is 14.6 Å². The second-order valence-electron chi connectivity index (χ2n) is 12.9. The molecule has 0 radical (unpaired) electrons. The van der Waals surface area contributed by atoms with Crippen LogP contribution in [0.25, 0.3) is 16.5 Å². The summed E-state index contributed by atoms with van der Waals surface area (Å²) in [6.45, 7) is 10.6.